The number of ether oxygens (including phenoxy) is 2. The highest BCUT2D eigenvalue weighted by atomic mass is 19.1. The fourth-order valence-corrected chi connectivity index (χ4v) is 3.36. The number of allylic oxidation sites excluding steroid dienone is 1. The molecular formula is C23H17FN2O3. The number of phenolic OH excluding ortho intramolecular Hbond substituents is 1. The van der Waals surface area contributed by atoms with E-state index in [4.69, 9.17) is 15.2 Å². The SMILES string of the molecule is N#CC1=C(N)Oc2cc(O)ccc2[C@@H]1c1ccccc1OCc1ccc(F)cc1. The zero-order chi connectivity index (χ0) is 20.4. The van der Waals surface area contributed by atoms with Gasteiger partial charge in [0.15, 0.2) is 0 Å². The summed E-state index contributed by atoms with van der Waals surface area (Å²) in [5, 5.41) is 19.5. The number of rotatable bonds is 4. The Morgan fingerprint density at radius 3 is 2.59 bits per heavy atom. The Morgan fingerprint density at radius 1 is 1.07 bits per heavy atom. The van der Waals surface area contributed by atoms with E-state index in [0.717, 1.165) is 11.1 Å². The fourth-order valence-electron chi connectivity index (χ4n) is 3.36. The molecule has 144 valence electrons. The molecule has 0 saturated carbocycles. The van der Waals surface area contributed by atoms with Gasteiger partial charge in [-0.2, -0.15) is 5.26 Å². The van der Waals surface area contributed by atoms with E-state index in [9.17, 15) is 14.8 Å². The summed E-state index contributed by atoms with van der Waals surface area (Å²) >= 11 is 0. The van der Waals surface area contributed by atoms with Gasteiger partial charge in [-0.05, 0) is 29.8 Å². The second-order valence-electron chi connectivity index (χ2n) is 6.60. The topological polar surface area (TPSA) is 88.5 Å². The van der Waals surface area contributed by atoms with E-state index in [1.54, 1.807) is 24.3 Å². The second-order valence-corrected chi connectivity index (χ2v) is 6.60. The summed E-state index contributed by atoms with van der Waals surface area (Å²) in [4.78, 5) is 0. The van der Waals surface area contributed by atoms with Crippen molar-refractivity contribution >= 4 is 0 Å². The van der Waals surface area contributed by atoms with Crippen molar-refractivity contribution in [1.82, 2.24) is 0 Å². The van der Waals surface area contributed by atoms with Crippen LogP contribution in [0.2, 0.25) is 0 Å². The maximum absolute atomic E-state index is 13.1. The average molecular weight is 388 g/mol. The van der Waals surface area contributed by atoms with Crippen molar-refractivity contribution in [2.45, 2.75) is 12.5 Å². The number of nitrogens with two attached hydrogens (primary N) is 1. The summed E-state index contributed by atoms with van der Waals surface area (Å²) in [5.41, 5.74) is 8.51. The van der Waals surface area contributed by atoms with Gasteiger partial charge in [0.05, 0.1) is 5.92 Å². The molecule has 3 aromatic carbocycles. The number of hydrogen-bond donors (Lipinski definition) is 2. The minimum absolute atomic E-state index is 0.0102. The first kappa shape index (κ1) is 18.4. The number of benzene rings is 3. The van der Waals surface area contributed by atoms with Crippen LogP contribution in [0.1, 0.15) is 22.6 Å². The fraction of sp³-hybridized carbons (Fsp3) is 0.0870. The van der Waals surface area contributed by atoms with E-state index in [0.29, 0.717) is 17.1 Å². The number of para-hydroxylation sites is 1. The van der Waals surface area contributed by atoms with Gasteiger partial charge in [-0.25, -0.2) is 4.39 Å². The van der Waals surface area contributed by atoms with Crippen LogP contribution >= 0.6 is 0 Å². The van der Waals surface area contributed by atoms with Crippen LogP contribution in [0.15, 0.2) is 78.2 Å². The molecule has 1 atom stereocenters. The van der Waals surface area contributed by atoms with Crippen molar-refractivity contribution in [3.8, 4) is 23.3 Å². The lowest BCUT2D eigenvalue weighted by atomic mass is 9.83. The minimum Gasteiger partial charge on any atom is -0.508 e. The molecule has 0 aromatic heterocycles. The number of aromatic hydroxyl groups is 1. The molecule has 5 nitrogen and oxygen atoms in total. The van der Waals surface area contributed by atoms with Crippen LogP contribution in [-0.4, -0.2) is 5.11 Å². The summed E-state index contributed by atoms with van der Waals surface area (Å²) in [7, 11) is 0. The van der Waals surface area contributed by atoms with E-state index < -0.39 is 5.92 Å². The molecule has 3 N–H and O–H groups in total. The minimum atomic E-state index is -0.506. The molecule has 1 aliphatic rings. The third-order valence-corrected chi connectivity index (χ3v) is 4.74. The number of nitriles is 1. The van der Waals surface area contributed by atoms with Gasteiger partial charge in [-0.1, -0.05) is 36.4 Å². The van der Waals surface area contributed by atoms with Crippen molar-refractivity contribution < 1.29 is 19.0 Å². The Morgan fingerprint density at radius 2 is 1.83 bits per heavy atom. The molecule has 3 aromatic rings. The Kier molecular flexibility index (Phi) is 4.80. The Bertz CT molecular complexity index is 1130. The van der Waals surface area contributed by atoms with E-state index in [1.165, 1.54) is 24.3 Å². The molecule has 0 bridgehead atoms. The largest absolute Gasteiger partial charge is 0.508 e. The molecule has 1 aliphatic heterocycles. The van der Waals surface area contributed by atoms with Crippen LogP contribution in [0.3, 0.4) is 0 Å². The van der Waals surface area contributed by atoms with E-state index in [1.807, 2.05) is 18.2 Å². The van der Waals surface area contributed by atoms with Crippen LogP contribution in [0.5, 0.6) is 17.2 Å². The molecule has 0 aliphatic carbocycles. The highest BCUT2D eigenvalue weighted by Crippen LogP contribution is 2.45. The monoisotopic (exact) mass is 388 g/mol. The molecular weight excluding hydrogens is 371 g/mol. The number of fused-ring (bicyclic) bond motifs is 1. The van der Waals surface area contributed by atoms with Gasteiger partial charge in [0.25, 0.3) is 0 Å². The predicted octanol–water partition coefficient (Wildman–Crippen LogP) is 4.33. The zero-order valence-corrected chi connectivity index (χ0v) is 15.3. The van der Waals surface area contributed by atoms with Crippen molar-refractivity contribution in [3.63, 3.8) is 0 Å². The van der Waals surface area contributed by atoms with Crippen LogP contribution in [0, 0.1) is 17.1 Å². The van der Waals surface area contributed by atoms with Gasteiger partial charge in [0.1, 0.15) is 41.3 Å². The molecule has 0 spiro atoms. The van der Waals surface area contributed by atoms with Crippen molar-refractivity contribution in [2.24, 2.45) is 5.73 Å². The standard InChI is InChI=1S/C23H17FN2O3/c24-15-7-5-14(6-8-15)13-28-20-4-2-1-3-17(20)22-18-10-9-16(27)11-21(18)29-23(26)19(22)12-25/h1-11,22,27H,13,26H2/t22-/m0/s1. The van der Waals surface area contributed by atoms with E-state index >= 15 is 0 Å². The number of nitrogens with zero attached hydrogens (tertiary/aromatic N) is 1. The number of halogens is 1. The predicted molar refractivity (Wildman–Crippen MR) is 105 cm³/mol. The maximum atomic E-state index is 13.1. The normalized spacial score (nSPS) is 15.2. The van der Waals surface area contributed by atoms with Gasteiger partial charge in [0, 0.05) is 17.2 Å². The Balaban J connectivity index is 1.74. The van der Waals surface area contributed by atoms with Crippen molar-refractivity contribution in [3.05, 3.63) is 101 Å². The molecule has 0 radical (unpaired) electrons. The first-order valence-electron chi connectivity index (χ1n) is 8.93. The third-order valence-electron chi connectivity index (χ3n) is 4.74. The van der Waals surface area contributed by atoms with Crippen molar-refractivity contribution in [2.75, 3.05) is 0 Å². The maximum Gasteiger partial charge on any atom is 0.205 e. The van der Waals surface area contributed by atoms with Crippen LogP contribution in [0.4, 0.5) is 4.39 Å². The molecule has 0 saturated heterocycles. The van der Waals surface area contributed by atoms with Crippen LogP contribution in [0.25, 0.3) is 0 Å². The highest BCUT2D eigenvalue weighted by Gasteiger charge is 2.32. The molecule has 29 heavy (non-hydrogen) atoms. The highest BCUT2D eigenvalue weighted by molar-refractivity contribution is 5.59. The third kappa shape index (κ3) is 3.58. The number of hydrogen-bond acceptors (Lipinski definition) is 5. The summed E-state index contributed by atoms with van der Waals surface area (Å²) < 4.78 is 24.7. The molecule has 0 amide bonds. The molecule has 0 fully saturated rings. The lowest BCUT2D eigenvalue weighted by Crippen LogP contribution is -2.21. The smallest absolute Gasteiger partial charge is 0.205 e. The Labute approximate surface area is 167 Å². The molecule has 4 rings (SSSR count). The molecule has 1 heterocycles. The van der Waals surface area contributed by atoms with Gasteiger partial charge in [-0.3, -0.25) is 0 Å². The summed E-state index contributed by atoms with van der Waals surface area (Å²) in [6.07, 6.45) is 0. The van der Waals surface area contributed by atoms with E-state index in [-0.39, 0.29) is 29.6 Å². The van der Waals surface area contributed by atoms with Gasteiger partial charge in [0.2, 0.25) is 5.88 Å². The molecule has 0 unspecified atom stereocenters. The Hall–Kier alpha value is -3.98. The van der Waals surface area contributed by atoms with Crippen molar-refractivity contribution in [1.29, 1.82) is 5.26 Å². The summed E-state index contributed by atoms with van der Waals surface area (Å²) in [5.74, 6) is 0.174. The van der Waals surface area contributed by atoms with E-state index in [2.05, 4.69) is 6.07 Å². The lowest BCUT2D eigenvalue weighted by molar-refractivity contribution is 0.301. The summed E-state index contributed by atoms with van der Waals surface area (Å²) in [6, 6.07) is 20.3. The first-order chi connectivity index (χ1) is 14.1. The number of phenols is 1. The second kappa shape index (κ2) is 7.56. The first-order valence-corrected chi connectivity index (χ1v) is 8.93. The molecule has 6 heteroatoms. The zero-order valence-electron chi connectivity index (χ0n) is 15.3. The lowest BCUT2D eigenvalue weighted by Gasteiger charge is -2.27. The van der Waals surface area contributed by atoms with Crippen LogP contribution < -0.4 is 15.2 Å². The summed E-state index contributed by atoms with van der Waals surface area (Å²) in [6.45, 7) is 0.240. The van der Waals surface area contributed by atoms with Gasteiger partial charge in [-0.15, -0.1) is 0 Å². The van der Waals surface area contributed by atoms with Gasteiger partial charge >= 0.3 is 0 Å². The van der Waals surface area contributed by atoms with Gasteiger partial charge < -0.3 is 20.3 Å². The average Bonchev–Trinajstić information content (AvgIpc) is 2.72. The quantitative estimate of drug-likeness (QED) is 0.695. The van der Waals surface area contributed by atoms with Crippen LogP contribution in [-0.2, 0) is 6.61 Å².